The van der Waals surface area contributed by atoms with Crippen molar-refractivity contribution in [1.29, 1.82) is 0 Å². The second-order valence-corrected chi connectivity index (χ2v) is 7.07. The molecule has 0 aromatic heterocycles. The maximum Gasteiger partial charge on any atom is 0.339 e. The van der Waals surface area contributed by atoms with Gasteiger partial charge in [-0.2, -0.15) is 4.31 Å². The van der Waals surface area contributed by atoms with E-state index in [9.17, 15) is 18.0 Å². The molecular formula is C13H17BrN2O5S. The molecule has 1 rings (SSSR count). The van der Waals surface area contributed by atoms with Crippen LogP contribution in [0.3, 0.4) is 0 Å². The summed E-state index contributed by atoms with van der Waals surface area (Å²) in [7, 11) is -3.69. The molecule has 1 amide bonds. The molecule has 22 heavy (non-hydrogen) atoms. The van der Waals surface area contributed by atoms with Gasteiger partial charge in [-0.25, -0.2) is 13.2 Å². The zero-order valence-corrected chi connectivity index (χ0v) is 14.6. The van der Waals surface area contributed by atoms with Crippen LogP contribution in [-0.2, 0) is 19.6 Å². The molecule has 0 bridgehead atoms. The molecule has 0 saturated carbocycles. The molecule has 0 unspecified atom stereocenters. The Balaban J connectivity index is 3.19. The van der Waals surface area contributed by atoms with E-state index in [2.05, 4.69) is 15.9 Å². The van der Waals surface area contributed by atoms with Crippen LogP contribution in [0.1, 0.15) is 24.2 Å². The summed E-state index contributed by atoms with van der Waals surface area (Å²) in [6.45, 7) is 3.51. The lowest BCUT2D eigenvalue weighted by Crippen LogP contribution is -2.30. The summed E-state index contributed by atoms with van der Waals surface area (Å²) >= 11 is 3.15. The fourth-order valence-electron chi connectivity index (χ4n) is 1.75. The molecule has 0 aliphatic rings. The maximum absolute atomic E-state index is 12.4. The number of carbonyl (C=O) groups excluding carboxylic acids is 2. The SMILES string of the molecule is CCN(CC)S(=O)(=O)c1ccc(Br)c(C(=O)OCC(N)=O)c1. The van der Waals surface area contributed by atoms with Crippen molar-refractivity contribution in [2.75, 3.05) is 19.7 Å². The number of primary amides is 1. The number of sulfonamides is 1. The second-order valence-electron chi connectivity index (χ2n) is 4.27. The van der Waals surface area contributed by atoms with Gasteiger partial charge < -0.3 is 10.5 Å². The van der Waals surface area contributed by atoms with Crippen molar-refractivity contribution >= 4 is 37.8 Å². The number of ether oxygens (including phenoxy) is 1. The van der Waals surface area contributed by atoms with Gasteiger partial charge >= 0.3 is 5.97 Å². The normalized spacial score (nSPS) is 11.5. The van der Waals surface area contributed by atoms with E-state index in [-0.39, 0.29) is 10.5 Å². The van der Waals surface area contributed by atoms with Crippen LogP contribution in [-0.4, -0.2) is 44.3 Å². The van der Waals surface area contributed by atoms with E-state index in [1.165, 1.54) is 22.5 Å². The number of esters is 1. The first kappa shape index (κ1) is 18.6. The third-order valence-corrected chi connectivity index (χ3v) is 5.58. The minimum atomic E-state index is -3.69. The highest BCUT2D eigenvalue weighted by atomic mass is 79.9. The first-order chi connectivity index (χ1) is 10.2. The topological polar surface area (TPSA) is 107 Å². The molecule has 122 valence electrons. The molecule has 1 aromatic carbocycles. The molecule has 1 aromatic rings. The molecule has 0 fully saturated rings. The van der Waals surface area contributed by atoms with Crippen LogP contribution < -0.4 is 5.73 Å². The summed E-state index contributed by atoms with van der Waals surface area (Å²) in [4.78, 5) is 22.5. The number of amides is 1. The van der Waals surface area contributed by atoms with E-state index in [4.69, 9.17) is 10.5 Å². The lowest BCUT2D eigenvalue weighted by molar-refractivity contribution is -0.121. The van der Waals surface area contributed by atoms with E-state index in [0.29, 0.717) is 17.6 Å². The lowest BCUT2D eigenvalue weighted by Gasteiger charge is -2.19. The van der Waals surface area contributed by atoms with Gasteiger partial charge in [0.2, 0.25) is 10.0 Å². The molecular weight excluding hydrogens is 376 g/mol. The number of benzene rings is 1. The minimum Gasteiger partial charge on any atom is -0.452 e. The van der Waals surface area contributed by atoms with Crippen molar-refractivity contribution in [3.8, 4) is 0 Å². The highest BCUT2D eigenvalue weighted by Gasteiger charge is 2.24. The van der Waals surface area contributed by atoms with Gasteiger partial charge in [-0.1, -0.05) is 13.8 Å². The quantitative estimate of drug-likeness (QED) is 0.699. The standard InChI is InChI=1S/C13H17BrN2O5S/c1-3-16(4-2)22(19,20)9-5-6-11(14)10(7-9)13(18)21-8-12(15)17/h5-7H,3-4,8H2,1-2H3,(H2,15,17). The molecule has 0 atom stereocenters. The summed E-state index contributed by atoms with van der Waals surface area (Å²) in [5, 5.41) is 0. The van der Waals surface area contributed by atoms with E-state index >= 15 is 0 Å². The van der Waals surface area contributed by atoms with Crippen molar-refractivity contribution < 1.29 is 22.7 Å². The Labute approximate surface area is 137 Å². The predicted octanol–water partition coefficient (Wildman–Crippen LogP) is 1.12. The molecule has 0 aliphatic carbocycles. The van der Waals surface area contributed by atoms with Crippen molar-refractivity contribution in [3.63, 3.8) is 0 Å². The average Bonchev–Trinajstić information content (AvgIpc) is 2.45. The van der Waals surface area contributed by atoms with Gasteiger partial charge in [0.05, 0.1) is 10.5 Å². The highest BCUT2D eigenvalue weighted by molar-refractivity contribution is 9.10. The Morgan fingerprint density at radius 2 is 1.86 bits per heavy atom. The van der Waals surface area contributed by atoms with Crippen LogP contribution in [0, 0.1) is 0 Å². The number of hydrogen-bond donors (Lipinski definition) is 1. The van der Waals surface area contributed by atoms with Crippen LogP contribution >= 0.6 is 15.9 Å². The molecule has 0 spiro atoms. The van der Waals surface area contributed by atoms with Crippen LogP contribution in [0.5, 0.6) is 0 Å². The van der Waals surface area contributed by atoms with Gasteiger partial charge in [0.15, 0.2) is 6.61 Å². The average molecular weight is 393 g/mol. The largest absolute Gasteiger partial charge is 0.452 e. The maximum atomic E-state index is 12.4. The Bertz CT molecular complexity index is 671. The zero-order chi connectivity index (χ0) is 16.9. The van der Waals surface area contributed by atoms with Crippen LogP contribution in [0.2, 0.25) is 0 Å². The number of nitrogens with two attached hydrogens (primary N) is 1. The lowest BCUT2D eigenvalue weighted by atomic mass is 10.2. The van der Waals surface area contributed by atoms with Crippen LogP contribution in [0.4, 0.5) is 0 Å². The first-order valence-electron chi connectivity index (χ1n) is 6.49. The molecule has 0 saturated heterocycles. The molecule has 2 N–H and O–H groups in total. The fraction of sp³-hybridized carbons (Fsp3) is 0.385. The van der Waals surface area contributed by atoms with Crippen LogP contribution in [0.25, 0.3) is 0 Å². The monoisotopic (exact) mass is 392 g/mol. The summed E-state index contributed by atoms with van der Waals surface area (Å²) in [5.41, 5.74) is 4.91. The smallest absolute Gasteiger partial charge is 0.339 e. The number of carbonyl (C=O) groups is 2. The molecule has 0 radical (unpaired) electrons. The van der Waals surface area contributed by atoms with E-state index in [1.54, 1.807) is 13.8 Å². The van der Waals surface area contributed by atoms with Gasteiger partial charge in [-0.05, 0) is 34.1 Å². The minimum absolute atomic E-state index is 0.00878. The van der Waals surface area contributed by atoms with Gasteiger partial charge in [0.25, 0.3) is 5.91 Å². The molecule has 9 heteroatoms. The third kappa shape index (κ3) is 4.28. The third-order valence-electron chi connectivity index (χ3n) is 2.85. The van der Waals surface area contributed by atoms with Gasteiger partial charge in [0, 0.05) is 17.6 Å². The van der Waals surface area contributed by atoms with Gasteiger partial charge in [-0.3, -0.25) is 4.79 Å². The Morgan fingerprint density at radius 1 is 1.27 bits per heavy atom. The van der Waals surface area contributed by atoms with E-state index in [0.717, 1.165) is 0 Å². The number of halogens is 1. The van der Waals surface area contributed by atoms with Gasteiger partial charge in [0.1, 0.15) is 0 Å². The molecule has 7 nitrogen and oxygen atoms in total. The Hall–Kier alpha value is -1.45. The van der Waals surface area contributed by atoms with Gasteiger partial charge in [-0.15, -0.1) is 0 Å². The summed E-state index contributed by atoms with van der Waals surface area (Å²) in [6.07, 6.45) is 0. The fourth-order valence-corrected chi connectivity index (χ4v) is 3.64. The summed E-state index contributed by atoms with van der Waals surface area (Å²) in [6, 6.07) is 4.04. The van der Waals surface area contributed by atoms with Crippen molar-refractivity contribution in [2.24, 2.45) is 5.73 Å². The predicted molar refractivity (Wildman–Crippen MR) is 83.7 cm³/mol. The Kier molecular flexibility index (Phi) is 6.51. The summed E-state index contributed by atoms with van der Waals surface area (Å²) in [5.74, 6) is -1.63. The van der Waals surface area contributed by atoms with E-state index in [1.807, 2.05) is 0 Å². The first-order valence-corrected chi connectivity index (χ1v) is 8.72. The van der Waals surface area contributed by atoms with E-state index < -0.39 is 28.5 Å². The highest BCUT2D eigenvalue weighted by Crippen LogP contribution is 2.24. The number of rotatable bonds is 7. The second kappa shape index (κ2) is 7.70. The van der Waals surface area contributed by atoms with Crippen LogP contribution in [0.15, 0.2) is 27.6 Å². The zero-order valence-electron chi connectivity index (χ0n) is 12.2. The molecule has 0 heterocycles. The molecule has 0 aliphatic heterocycles. The number of nitrogens with zero attached hydrogens (tertiary/aromatic N) is 1. The van der Waals surface area contributed by atoms with Crippen molar-refractivity contribution in [3.05, 3.63) is 28.2 Å². The number of hydrogen-bond acceptors (Lipinski definition) is 5. The Morgan fingerprint density at radius 3 is 2.36 bits per heavy atom. The van der Waals surface area contributed by atoms with Crippen molar-refractivity contribution in [2.45, 2.75) is 18.7 Å². The summed E-state index contributed by atoms with van der Waals surface area (Å²) < 4.78 is 31.2. The van der Waals surface area contributed by atoms with Crippen molar-refractivity contribution in [1.82, 2.24) is 4.31 Å².